The summed E-state index contributed by atoms with van der Waals surface area (Å²) < 4.78 is 16.0. The van der Waals surface area contributed by atoms with Crippen LogP contribution < -0.4 is 0 Å². The Morgan fingerprint density at radius 2 is 2.04 bits per heavy atom. The number of ether oxygens (including phenoxy) is 3. The lowest BCUT2D eigenvalue weighted by Crippen LogP contribution is -2.60. The normalized spacial score (nSPS) is 39.8. The quantitative estimate of drug-likeness (QED) is 0.475. The van der Waals surface area contributed by atoms with E-state index in [1.54, 1.807) is 0 Å². The van der Waals surface area contributed by atoms with Gasteiger partial charge in [0.2, 0.25) is 0 Å². The number of rotatable bonds is 5. The van der Waals surface area contributed by atoms with Crippen molar-refractivity contribution in [2.45, 2.75) is 43.2 Å². The van der Waals surface area contributed by atoms with Crippen LogP contribution in [0.1, 0.15) is 4.88 Å². The van der Waals surface area contributed by atoms with Gasteiger partial charge >= 0.3 is 5.97 Å². The summed E-state index contributed by atoms with van der Waals surface area (Å²) in [4.78, 5) is 12.9. The summed E-state index contributed by atoms with van der Waals surface area (Å²) >= 11 is 1.52. The number of hydrogen-bond donors (Lipinski definition) is 4. The molecule has 24 heavy (non-hydrogen) atoms. The summed E-state index contributed by atoms with van der Waals surface area (Å²) in [5, 5.41) is 40.7. The third kappa shape index (κ3) is 3.47. The molecule has 1 aromatic rings. The second-order valence-electron chi connectivity index (χ2n) is 5.89. The van der Waals surface area contributed by atoms with Crippen molar-refractivity contribution in [3.05, 3.63) is 22.4 Å². The summed E-state index contributed by atoms with van der Waals surface area (Å²) in [5.41, 5.74) is 0. The fourth-order valence-corrected chi connectivity index (χ4v) is 3.65. The van der Waals surface area contributed by atoms with Gasteiger partial charge in [-0.1, -0.05) is 6.07 Å². The monoisotopic (exact) mass is 360 g/mol. The Hall–Kier alpha value is -1.07. The second kappa shape index (κ2) is 7.44. The van der Waals surface area contributed by atoms with E-state index >= 15 is 0 Å². The molecule has 2 unspecified atom stereocenters. The van der Waals surface area contributed by atoms with E-state index in [-0.39, 0.29) is 6.61 Å². The standard InChI is InChI=1S/C15H20O8S/c16-5-9-11(17)12(18)13(19)15(22-9)23-10-6-21-14(20)8(10)4-7-2-1-3-24-7/h1-3,8-13,15-19H,4-6H2/t8?,9-,10+,11-,12+,13-,15?/m1/s1. The molecule has 1 aromatic heterocycles. The van der Waals surface area contributed by atoms with Gasteiger partial charge in [-0.15, -0.1) is 11.3 Å². The average molecular weight is 360 g/mol. The Balaban J connectivity index is 1.68. The highest BCUT2D eigenvalue weighted by atomic mass is 32.1. The van der Waals surface area contributed by atoms with E-state index in [9.17, 15) is 25.2 Å². The molecule has 4 N–H and O–H groups in total. The first-order valence-corrected chi connectivity index (χ1v) is 8.54. The summed E-state index contributed by atoms with van der Waals surface area (Å²) in [6, 6.07) is 3.79. The molecular formula is C15H20O8S. The Labute approximate surface area is 142 Å². The summed E-state index contributed by atoms with van der Waals surface area (Å²) in [5.74, 6) is -0.936. The molecule has 3 heterocycles. The SMILES string of the molecule is O=C1OC[C@H](OC2O[C@H](CO)[C@@H](O)[C@H](O)[C@H]2O)C1Cc1cccs1. The van der Waals surface area contributed by atoms with Crippen LogP contribution in [0.5, 0.6) is 0 Å². The van der Waals surface area contributed by atoms with Gasteiger partial charge in [-0.3, -0.25) is 4.79 Å². The molecule has 0 saturated carbocycles. The molecule has 134 valence electrons. The van der Waals surface area contributed by atoms with Gasteiger partial charge < -0.3 is 34.6 Å². The number of carbonyl (C=O) groups is 1. The zero-order valence-corrected chi connectivity index (χ0v) is 13.5. The van der Waals surface area contributed by atoms with Crippen molar-refractivity contribution < 1.29 is 39.4 Å². The number of thiophene rings is 1. The first-order chi connectivity index (χ1) is 11.5. The van der Waals surface area contributed by atoms with Crippen LogP contribution in [0.4, 0.5) is 0 Å². The maximum Gasteiger partial charge on any atom is 0.312 e. The lowest BCUT2D eigenvalue weighted by Gasteiger charge is -2.40. The van der Waals surface area contributed by atoms with Crippen molar-refractivity contribution in [3.8, 4) is 0 Å². The number of aliphatic hydroxyl groups excluding tert-OH is 4. The first-order valence-electron chi connectivity index (χ1n) is 7.66. The topological polar surface area (TPSA) is 126 Å². The van der Waals surface area contributed by atoms with Crippen LogP contribution in [0, 0.1) is 5.92 Å². The zero-order chi connectivity index (χ0) is 17.3. The zero-order valence-electron chi connectivity index (χ0n) is 12.7. The van der Waals surface area contributed by atoms with Gasteiger partial charge in [0.05, 0.1) is 12.5 Å². The smallest absolute Gasteiger partial charge is 0.312 e. The minimum Gasteiger partial charge on any atom is -0.463 e. The number of carbonyl (C=O) groups excluding carboxylic acids is 1. The van der Waals surface area contributed by atoms with E-state index in [0.717, 1.165) is 4.88 Å². The predicted molar refractivity (Wildman–Crippen MR) is 81.1 cm³/mol. The minimum absolute atomic E-state index is 0.0178. The van der Waals surface area contributed by atoms with E-state index < -0.39 is 55.3 Å². The minimum atomic E-state index is -1.52. The molecule has 0 amide bonds. The molecule has 2 fully saturated rings. The van der Waals surface area contributed by atoms with Crippen LogP contribution in [-0.2, 0) is 25.4 Å². The Morgan fingerprint density at radius 1 is 1.25 bits per heavy atom. The molecule has 2 aliphatic rings. The highest BCUT2D eigenvalue weighted by molar-refractivity contribution is 7.09. The van der Waals surface area contributed by atoms with Gasteiger partial charge in [0.25, 0.3) is 0 Å². The molecule has 9 heteroatoms. The van der Waals surface area contributed by atoms with Crippen molar-refractivity contribution in [2.24, 2.45) is 5.92 Å². The van der Waals surface area contributed by atoms with Gasteiger partial charge in [0.1, 0.15) is 37.1 Å². The fraction of sp³-hybridized carbons (Fsp3) is 0.667. The van der Waals surface area contributed by atoms with Crippen LogP contribution in [-0.4, -0.2) is 76.4 Å². The lowest BCUT2D eigenvalue weighted by molar-refractivity contribution is -0.313. The lowest BCUT2D eigenvalue weighted by atomic mass is 9.98. The van der Waals surface area contributed by atoms with Crippen LogP contribution in [0.2, 0.25) is 0 Å². The molecule has 0 bridgehead atoms. The average Bonchev–Trinajstić information content (AvgIpc) is 3.20. The van der Waals surface area contributed by atoms with Crippen molar-refractivity contribution in [2.75, 3.05) is 13.2 Å². The van der Waals surface area contributed by atoms with E-state index in [1.807, 2.05) is 17.5 Å². The van der Waals surface area contributed by atoms with Crippen molar-refractivity contribution in [3.63, 3.8) is 0 Å². The van der Waals surface area contributed by atoms with E-state index in [4.69, 9.17) is 14.2 Å². The second-order valence-corrected chi connectivity index (χ2v) is 6.92. The van der Waals surface area contributed by atoms with Crippen LogP contribution >= 0.6 is 11.3 Å². The maximum absolute atomic E-state index is 11.9. The molecule has 0 aromatic carbocycles. The molecule has 2 saturated heterocycles. The largest absolute Gasteiger partial charge is 0.463 e. The Morgan fingerprint density at radius 3 is 2.71 bits per heavy atom. The van der Waals surface area contributed by atoms with E-state index in [1.165, 1.54) is 11.3 Å². The highest BCUT2D eigenvalue weighted by Gasteiger charge is 2.47. The predicted octanol–water partition coefficient (Wildman–Crippen LogP) is -1.35. The molecule has 7 atom stereocenters. The first kappa shape index (κ1) is 17.7. The maximum atomic E-state index is 11.9. The number of cyclic esters (lactones) is 1. The Kier molecular flexibility index (Phi) is 5.50. The van der Waals surface area contributed by atoms with E-state index in [2.05, 4.69) is 0 Å². The van der Waals surface area contributed by atoms with Crippen molar-refractivity contribution in [1.82, 2.24) is 0 Å². The number of esters is 1. The van der Waals surface area contributed by atoms with Gasteiger partial charge in [-0.2, -0.15) is 0 Å². The van der Waals surface area contributed by atoms with Crippen molar-refractivity contribution in [1.29, 1.82) is 0 Å². The van der Waals surface area contributed by atoms with Crippen molar-refractivity contribution >= 4 is 17.3 Å². The third-order valence-electron chi connectivity index (χ3n) is 4.30. The molecular weight excluding hydrogens is 340 g/mol. The Bertz CT molecular complexity index is 548. The fourth-order valence-electron chi connectivity index (χ4n) is 2.89. The summed E-state index contributed by atoms with van der Waals surface area (Å²) in [7, 11) is 0. The molecule has 0 radical (unpaired) electrons. The van der Waals surface area contributed by atoms with Crippen LogP contribution in [0.25, 0.3) is 0 Å². The molecule has 8 nitrogen and oxygen atoms in total. The van der Waals surface area contributed by atoms with Crippen LogP contribution in [0.3, 0.4) is 0 Å². The number of hydrogen-bond acceptors (Lipinski definition) is 9. The van der Waals surface area contributed by atoms with Gasteiger partial charge in [-0.05, 0) is 17.9 Å². The molecule has 0 spiro atoms. The van der Waals surface area contributed by atoms with Gasteiger partial charge in [-0.25, -0.2) is 0 Å². The van der Waals surface area contributed by atoms with Gasteiger partial charge in [0, 0.05) is 4.88 Å². The molecule has 0 aliphatic carbocycles. The van der Waals surface area contributed by atoms with Gasteiger partial charge in [0.15, 0.2) is 6.29 Å². The number of aliphatic hydroxyl groups is 4. The molecule has 3 rings (SSSR count). The molecule has 2 aliphatic heterocycles. The van der Waals surface area contributed by atoms with Crippen LogP contribution in [0.15, 0.2) is 17.5 Å². The highest BCUT2D eigenvalue weighted by Crippen LogP contribution is 2.29. The third-order valence-corrected chi connectivity index (χ3v) is 5.20. The summed E-state index contributed by atoms with van der Waals surface area (Å²) in [6.07, 6.45) is -7.00. The summed E-state index contributed by atoms with van der Waals surface area (Å²) in [6.45, 7) is -0.520. The van der Waals surface area contributed by atoms with E-state index in [0.29, 0.717) is 6.42 Å².